The van der Waals surface area contributed by atoms with Crippen LogP contribution in [0.15, 0.2) is 12.1 Å². The van der Waals surface area contributed by atoms with E-state index < -0.39 is 33.0 Å². The Bertz CT molecular complexity index is 439. The Labute approximate surface area is 106 Å². The van der Waals surface area contributed by atoms with E-state index >= 15 is 0 Å². The zero-order valence-electron chi connectivity index (χ0n) is 9.70. The van der Waals surface area contributed by atoms with Gasteiger partial charge in [0.15, 0.2) is 11.5 Å². The maximum absolute atomic E-state index is 12.3. The molecule has 0 aromatic heterocycles. The van der Waals surface area contributed by atoms with E-state index in [9.17, 15) is 18.0 Å². The molecule has 0 saturated carbocycles. The average Bonchev–Trinajstić information content (AvgIpc) is 2.36. The molecule has 0 aliphatic heterocycles. The molecule has 8 heteroatoms. The molecule has 1 aromatic carbocycles. The first kappa shape index (κ1) is 14.9. The summed E-state index contributed by atoms with van der Waals surface area (Å²) in [7, 11) is 0. The van der Waals surface area contributed by atoms with Crippen molar-refractivity contribution in [1.82, 2.24) is 0 Å². The van der Waals surface area contributed by atoms with Gasteiger partial charge in [0, 0.05) is 5.56 Å². The predicted molar refractivity (Wildman–Crippen MR) is 57.6 cm³/mol. The monoisotopic (exact) mass is 280 g/mol. The van der Waals surface area contributed by atoms with Crippen molar-refractivity contribution in [2.24, 2.45) is 0 Å². The molecule has 0 heterocycles. The normalized spacial score (nSPS) is 10.1. The fourth-order valence-corrected chi connectivity index (χ4v) is 1.46. The number of hydrogen-bond donors (Lipinski definition) is 1. The van der Waals surface area contributed by atoms with E-state index in [1.165, 1.54) is 12.1 Å². The van der Waals surface area contributed by atoms with Gasteiger partial charge in [0.2, 0.25) is 26.3 Å². The van der Waals surface area contributed by atoms with Crippen LogP contribution in [0.5, 0.6) is 17.2 Å². The second-order valence-electron chi connectivity index (χ2n) is 3.21. The van der Waals surface area contributed by atoms with Gasteiger partial charge in [-0.2, -0.15) is 0 Å². The lowest BCUT2D eigenvalue weighted by Crippen LogP contribution is -2.07. The molecule has 1 rings (SSSR count). The molecule has 5 nitrogen and oxygen atoms in total. The second kappa shape index (κ2) is 7.34. The molecule has 0 unspecified atom stereocenters. The molecule has 0 atom stereocenters. The third kappa shape index (κ3) is 3.94. The van der Waals surface area contributed by atoms with Crippen molar-refractivity contribution in [2.45, 2.75) is 6.42 Å². The number of ether oxygens (including phenoxy) is 3. The molecule has 0 amide bonds. The highest BCUT2D eigenvalue weighted by Gasteiger charge is 2.19. The highest BCUT2D eigenvalue weighted by Crippen LogP contribution is 2.40. The zero-order valence-corrected chi connectivity index (χ0v) is 9.70. The molecule has 0 aliphatic carbocycles. The Morgan fingerprint density at radius 1 is 1.00 bits per heavy atom. The lowest BCUT2D eigenvalue weighted by atomic mass is 10.1. The summed E-state index contributed by atoms with van der Waals surface area (Å²) >= 11 is 0. The van der Waals surface area contributed by atoms with Gasteiger partial charge in [-0.05, 0) is 6.07 Å². The minimum absolute atomic E-state index is 0.0554. The Kier molecular flexibility index (Phi) is 5.77. The Balaban J connectivity index is 3.25. The van der Waals surface area contributed by atoms with Crippen molar-refractivity contribution in [2.75, 3.05) is 20.6 Å². The number of hydrogen-bond acceptors (Lipinski definition) is 4. The Morgan fingerprint density at radius 2 is 1.58 bits per heavy atom. The number of aliphatic carboxylic acids is 1. The standard InChI is InChI=1S/C11H11F3O5/c12-4-17-8-2-1-7(3-9(15)16)10(18-5-13)11(8)19-6-14/h1-2H,3-6H2,(H,15,16). The number of carbonyl (C=O) groups is 1. The topological polar surface area (TPSA) is 65.0 Å². The lowest BCUT2D eigenvalue weighted by molar-refractivity contribution is -0.136. The quantitative estimate of drug-likeness (QED) is 0.791. The number of halogens is 3. The minimum atomic E-state index is -1.29. The highest BCUT2D eigenvalue weighted by molar-refractivity contribution is 5.73. The van der Waals surface area contributed by atoms with Crippen LogP contribution in [0.2, 0.25) is 0 Å². The van der Waals surface area contributed by atoms with Crippen LogP contribution in [0.25, 0.3) is 0 Å². The third-order valence-electron chi connectivity index (χ3n) is 2.11. The summed E-state index contributed by atoms with van der Waals surface area (Å²) in [5, 5.41) is 8.70. The van der Waals surface area contributed by atoms with E-state index in [1.54, 1.807) is 0 Å². The molecule has 0 fully saturated rings. The Hall–Kier alpha value is -2.12. The molecular formula is C11H11F3O5. The average molecular weight is 280 g/mol. The zero-order chi connectivity index (χ0) is 14.3. The van der Waals surface area contributed by atoms with Gasteiger partial charge in [-0.1, -0.05) is 6.07 Å². The van der Waals surface area contributed by atoms with Crippen LogP contribution in [-0.4, -0.2) is 31.7 Å². The van der Waals surface area contributed by atoms with Crippen molar-refractivity contribution in [3.05, 3.63) is 17.7 Å². The van der Waals surface area contributed by atoms with Gasteiger partial charge in [-0.25, -0.2) is 13.2 Å². The van der Waals surface area contributed by atoms with Crippen LogP contribution in [0.3, 0.4) is 0 Å². The van der Waals surface area contributed by atoms with E-state index in [2.05, 4.69) is 14.2 Å². The smallest absolute Gasteiger partial charge is 0.307 e. The summed E-state index contributed by atoms with van der Waals surface area (Å²) in [6.07, 6.45) is -0.492. The summed E-state index contributed by atoms with van der Waals surface area (Å²) in [5.41, 5.74) is 0.0554. The Morgan fingerprint density at radius 3 is 2.11 bits per heavy atom. The van der Waals surface area contributed by atoms with Crippen molar-refractivity contribution in [1.29, 1.82) is 0 Å². The maximum atomic E-state index is 12.3. The van der Waals surface area contributed by atoms with Gasteiger partial charge in [-0.15, -0.1) is 0 Å². The molecule has 0 saturated heterocycles. The van der Waals surface area contributed by atoms with Crippen molar-refractivity contribution >= 4 is 5.97 Å². The fraction of sp³-hybridized carbons (Fsp3) is 0.364. The van der Waals surface area contributed by atoms with E-state index in [0.717, 1.165) is 0 Å². The summed E-state index contributed by atoms with van der Waals surface area (Å²) in [5.74, 6) is -2.11. The van der Waals surface area contributed by atoms with Gasteiger partial charge in [-0.3, -0.25) is 4.79 Å². The van der Waals surface area contributed by atoms with Crippen molar-refractivity contribution < 1.29 is 37.3 Å². The molecule has 106 valence electrons. The van der Waals surface area contributed by atoms with Crippen LogP contribution in [0.4, 0.5) is 13.2 Å². The van der Waals surface area contributed by atoms with Gasteiger partial charge in [0.1, 0.15) is 0 Å². The molecule has 1 N–H and O–H groups in total. The van der Waals surface area contributed by atoms with Gasteiger partial charge >= 0.3 is 5.97 Å². The lowest BCUT2D eigenvalue weighted by Gasteiger charge is -2.16. The first-order valence-electron chi connectivity index (χ1n) is 5.08. The third-order valence-corrected chi connectivity index (χ3v) is 2.11. The predicted octanol–water partition coefficient (Wildman–Crippen LogP) is 2.23. The SMILES string of the molecule is O=C(O)Cc1ccc(OCF)c(OCF)c1OCF. The second-order valence-corrected chi connectivity index (χ2v) is 3.21. The van der Waals surface area contributed by atoms with E-state index in [1.807, 2.05) is 0 Å². The molecule has 0 bridgehead atoms. The summed E-state index contributed by atoms with van der Waals surface area (Å²) in [6.45, 7) is -3.79. The number of alkyl halides is 3. The number of carboxylic acid groups (broad SMARTS) is 1. The van der Waals surface area contributed by atoms with Gasteiger partial charge in [0.25, 0.3) is 0 Å². The highest BCUT2D eigenvalue weighted by atomic mass is 19.1. The first-order valence-corrected chi connectivity index (χ1v) is 5.08. The van der Waals surface area contributed by atoms with E-state index in [-0.39, 0.29) is 22.8 Å². The minimum Gasteiger partial charge on any atom is -0.481 e. The van der Waals surface area contributed by atoms with Crippen LogP contribution >= 0.6 is 0 Å². The molecule has 0 aliphatic rings. The molecule has 1 aromatic rings. The van der Waals surface area contributed by atoms with E-state index in [0.29, 0.717) is 0 Å². The van der Waals surface area contributed by atoms with Gasteiger partial charge < -0.3 is 19.3 Å². The summed E-state index contributed by atoms with van der Waals surface area (Å²) in [4.78, 5) is 10.6. The van der Waals surface area contributed by atoms with E-state index in [4.69, 9.17) is 5.11 Å². The van der Waals surface area contributed by atoms with Crippen LogP contribution in [0, 0.1) is 0 Å². The first-order chi connectivity index (χ1) is 9.13. The summed E-state index contributed by atoms with van der Waals surface area (Å²) in [6, 6.07) is 2.43. The van der Waals surface area contributed by atoms with Crippen LogP contribution in [0.1, 0.15) is 5.56 Å². The van der Waals surface area contributed by atoms with Crippen LogP contribution in [-0.2, 0) is 11.2 Å². The largest absolute Gasteiger partial charge is 0.481 e. The van der Waals surface area contributed by atoms with Crippen LogP contribution < -0.4 is 14.2 Å². The summed E-state index contributed by atoms with van der Waals surface area (Å²) < 4.78 is 50.4. The maximum Gasteiger partial charge on any atom is 0.307 e. The number of carboxylic acids is 1. The number of rotatable bonds is 8. The number of benzene rings is 1. The molecular weight excluding hydrogens is 269 g/mol. The fourth-order valence-electron chi connectivity index (χ4n) is 1.46. The van der Waals surface area contributed by atoms with Crippen molar-refractivity contribution in [3.63, 3.8) is 0 Å². The molecule has 0 radical (unpaired) electrons. The van der Waals surface area contributed by atoms with Crippen molar-refractivity contribution in [3.8, 4) is 17.2 Å². The van der Waals surface area contributed by atoms with Gasteiger partial charge in [0.05, 0.1) is 6.42 Å². The molecule has 19 heavy (non-hydrogen) atoms. The molecule has 0 spiro atoms.